The predicted octanol–water partition coefficient (Wildman–Crippen LogP) is 2.17. The number of carbonyl (C=O) groups is 1. The summed E-state index contributed by atoms with van der Waals surface area (Å²) in [5.74, 6) is 0.275. The maximum atomic E-state index is 12.9. The number of likely N-dealkylation sites (tertiary alicyclic amines) is 1. The van der Waals surface area contributed by atoms with Crippen LogP contribution in [-0.4, -0.2) is 62.1 Å². The Morgan fingerprint density at radius 3 is 2.77 bits per heavy atom. The summed E-state index contributed by atoms with van der Waals surface area (Å²) in [5.41, 5.74) is 1.16. The van der Waals surface area contributed by atoms with Crippen molar-refractivity contribution in [3.05, 3.63) is 47.7 Å². The lowest BCUT2D eigenvalue weighted by atomic mass is 10.0. The van der Waals surface area contributed by atoms with E-state index >= 15 is 0 Å². The molecule has 7 heteroatoms. The third-order valence-electron chi connectivity index (χ3n) is 4.56. The first-order valence-corrected chi connectivity index (χ1v) is 8.69. The van der Waals surface area contributed by atoms with Gasteiger partial charge >= 0.3 is 0 Å². The van der Waals surface area contributed by atoms with Crippen LogP contribution in [0.3, 0.4) is 0 Å². The smallest absolute Gasteiger partial charge is 0.292 e. The minimum atomic E-state index is -0.195. The van der Waals surface area contributed by atoms with Crippen molar-refractivity contribution < 1.29 is 23.5 Å². The van der Waals surface area contributed by atoms with Crippen LogP contribution >= 0.6 is 0 Å². The zero-order chi connectivity index (χ0) is 18.4. The van der Waals surface area contributed by atoms with Crippen molar-refractivity contribution in [2.24, 2.45) is 0 Å². The summed E-state index contributed by atoms with van der Waals surface area (Å²) in [6.45, 7) is 1.64. The van der Waals surface area contributed by atoms with E-state index in [1.807, 2.05) is 23.1 Å². The van der Waals surface area contributed by atoms with Crippen molar-refractivity contribution in [2.45, 2.75) is 25.0 Å². The van der Waals surface area contributed by atoms with Gasteiger partial charge in [0.1, 0.15) is 0 Å². The Kier molecular flexibility index (Phi) is 6.25. The van der Waals surface area contributed by atoms with Crippen LogP contribution in [0.2, 0.25) is 0 Å². The number of aromatic nitrogens is 1. The maximum Gasteiger partial charge on any atom is 0.292 e. The van der Waals surface area contributed by atoms with Crippen molar-refractivity contribution in [1.29, 1.82) is 0 Å². The highest BCUT2D eigenvalue weighted by Gasteiger charge is 2.39. The molecule has 0 N–H and O–H groups in total. The second kappa shape index (κ2) is 8.82. The molecule has 1 aliphatic heterocycles. The maximum absolute atomic E-state index is 12.9. The van der Waals surface area contributed by atoms with Crippen molar-refractivity contribution in [3.8, 4) is 5.88 Å². The molecule has 1 saturated heterocycles. The summed E-state index contributed by atoms with van der Waals surface area (Å²) in [6.07, 6.45) is 1.45. The van der Waals surface area contributed by atoms with Gasteiger partial charge in [-0.1, -0.05) is 30.3 Å². The van der Waals surface area contributed by atoms with Crippen LogP contribution in [-0.2, 0) is 15.9 Å². The molecule has 0 saturated carbocycles. The number of hydrogen-bond acceptors (Lipinski definition) is 6. The summed E-state index contributed by atoms with van der Waals surface area (Å²) < 4.78 is 21.2. The van der Waals surface area contributed by atoms with E-state index in [2.05, 4.69) is 17.3 Å². The molecule has 1 aromatic carbocycles. The molecule has 140 valence electrons. The SMILES string of the molecule is COCCO[C@@H]1CCN(C(=O)c2cc(OC)no2)[C@H]1Cc1ccccc1. The summed E-state index contributed by atoms with van der Waals surface area (Å²) in [7, 11) is 3.13. The van der Waals surface area contributed by atoms with Gasteiger partial charge in [0.05, 0.1) is 38.5 Å². The van der Waals surface area contributed by atoms with Crippen LogP contribution in [0.4, 0.5) is 0 Å². The van der Waals surface area contributed by atoms with Crippen LogP contribution in [0.25, 0.3) is 0 Å². The zero-order valence-electron chi connectivity index (χ0n) is 15.1. The van der Waals surface area contributed by atoms with Crippen LogP contribution in [0, 0.1) is 0 Å². The Balaban J connectivity index is 1.76. The number of hydrogen-bond donors (Lipinski definition) is 0. The van der Waals surface area contributed by atoms with Crippen molar-refractivity contribution >= 4 is 5.91 Å². The number of nitrogens with zero attached hydrogens (tertiary/aromatic N) is 2. The third-order valence-corrected chi connectivity index (χ3v) is 4.56. The Labute approximate surface area is 152 Å². The molecule has 26 heavy (non-hydrogen) atoms. The summed E-state index contributed by atoms with van der Waals surface area (Å²) in [5, 5.41) is 3.72. The van der Waals surface area contributed by atoms with Crippen LogP contribution in [0.15, 0.2) is 40.9 Å². The fourth-order valence-electron chi connectivity index (χ4n) is 3.25. The number of rotatable bonds is 8. The zero-order valence-corrected chi connectivity index (χ0v) is 15.1. The van der Waals surface area contributed by atoms with E-state index in [9.17, 15) is 4.79 Å². The normalized spacial score (nSPS) is 19.7. The Morgan fingerprint density at radius 2 is 2.08 bits per heavy atom. The van der Waals surface area contributed by atoms with E-state index in [-0.39, 0.29) is 23.8 Å². The summed E-state index contributed by atoms with van der Waals surface area (Å²) in [4.78, 5) is 14.7. The van der Waals surface area contributed by atoms with Crippen molar-refractivity contribution in [3.63, 3.8) is 0 Å². The minimum Gasteiger partial charge on any atom is -0.479 e. The highest BCUT2D eigenvalue weighted by atomic mass is 16.5. The van der Waals surface area contributed by atoms with Gasteiger partial charge in [0.25, 0.3) is 11.8 Å². The second-order valence-corrected chi connectivity index (χ2v) is 6.18. The summed E-state index contributed by atoms with van der Waals surface area (Å²) >= 11 is 0. The van der Waals surface area contributed by atoms with E-state index in [1.165, 1.54) is 13.2 Å². The lowest BCUT2D eigenvalue weighted by Crippen LogP contribution is -2.42. The molecule has 0 aliphatic carbocycles. The Hall–Kier alpha value is -2.38. The van der Waals surface area contributed by atoms with Gasteiger partial charge in [-0.3, -0.25) is 4.79 Å². The molecule has 2 atom stereocenters. The fourth-order valence-corrected chi connectivity index (χ4v) is 3.25. The average molecular weight is 360 g/mol. The number of methoxy groups -OCH3 is 2. The van der Waals surface area contributed by atoms with Crippen molar-refractivity contribution in [1.82, 2.24) is 10.1 Å². The molecular weight excluding hydrogens is 336 g/mol. The third kappa shape index (κ3) is 4.23. The molecule has 2 aromatic rings. The molecule has 1 fully saturated rings. The largest absolute Gasteiger partial charge is 0.479 e. The summed E-state index contributed by atoms with van der Waals surface area (Å²) in [6, 6.07) is 11.5. The lowest BCUT2D eigenvalue weighted by Gasteiger charge is -2.27. The molecule has 0 unspecified atom stereocenters. The number of ether oxygens (including phenoxy) is 3. The number of carbonyl (C=O) groups excluding carboxylic acids is 1. The van der Waals surface area contributed by atoms with E-state index in [0.29, 0.717) is 25.6 Å². The lowest BCUT2D eigenvalue weighted by molar-refractivity contribution is -0.00000161. The first kappa shape index (κ1) is 18.4. The van der Waals surface area contributed by atoms with E-state index in [0.717, 1.165) is 18.4 Å². The van der Waals surface area contributed by atoms with Gasteiger partial charge in [0, 0.05) is 13.7 Å². The number of benzene rings is 1. The van der Waals surface area contributed by atoms with Gasteiger partial charge in [-0.25, -0.2) is 0 Å². The minimum absolute atomic E-state index is 0.0425. The standard InChI is InChI=1S/C19H24N2O5/c1-23-10-11-25-16-8-9-21(15(16)12-14-6-4-3-5-7-14)19(22)17-13-18(24-2)20-26-17/h3-7,13,15-16H,8-12H2,1-2H3/t15-,16+/m0/s1. The number of amides is 1. The highest BCUT2D eigenvalue weighted by molar-refractivity contribution is 5.92. The molecular formula is C19H24N2O5. The quantitative estimate of drug-likeness (QED) is 0.672. The second-order valence-electron chi connectivity index (χ2n) is 6.18. The molecule has 0 bridgehead atoms. The molecule has 2 heterocycles. The molecule has 7 nitrogen and oxygen atoms in total. The van der Waals surface area contributed by atoms with Crippen molar-refractivity contribution in [2.75, 3.05) is 34.0 Å². The topological polar surface area (TPSA) is 74.0 Å². The van der Waals surface area contributed by atoms with Gasteiger partial charge < -0.3 is 23.6 Å². The molecule has 1 aromatic heterocycles. The van der Waals surface area contributed by atoms with Gasteiger partial charge in [-0.15, -0.1) is 0 Å². The van der Waals surface area contributed by atoms with Gasteiger partial charge in [0.15, 0.2) is 0 Å². The molecule has 0 radical (unpaired) electrons. The first-order chi connectivity index (χ1) is 12.7. The molecule has 3 rings (SSSR count). The molecule has 0 spiro atoms. The fraction of sp³-hybridized carbons (Fsp3) is 0.474. The predicted molar refractivity (Wildman–Crippen MR) is 94.3 cm³/mol. The van der Waals surface area contributed by atoms with E-state index in [1.54, 1.807) is 7.11 Å². The molecule has 1 aliphatic rings. The molecule has 1 amide bonds. The first-order valence-electron chi connectivity index (χ1n) is 8.69. The average Bonchev–Trinajstić information content (AvgIpc) is 3.30. The van der Waals surface area contributed by atoms with Crippen LogP contribution in [0.1, 0.15) is 22.5 Å². The van der Waals surface area contributed by atoms with Gasteiger partial charge in [-0.05, 0) is 23.6 Å². The highest BCUT2D eigenvalue weighted by Crippen LogP contribution is 2.27. The van der Waals surface area contributed by atoms with Crippen LogP contribution < -0.4 is 4.74 Å². The van der Waals surface area contributed by atoms with E-state index < -0.39 is 0 Å². The van der Waals surface area contributed by atoms with Gasteiger partial charge in [-0.2, -0.15) is 0 Å². The van der Waals surface area contributed by atoms with Crippen LogP contribution in [0.5, 0.6) is 5.88 Å². The Morgan fingerprint density at radius 1 is 1.27 bits per heavy atom. The Bertz CT molecular complexity index is 703. The van der Waals surface area contributed by atoms with Gasteiger partial charge in [0.2, 0.25) is 5.76 Å². The van der Waals surface area contributed by atoms with E-state index in [4.69, 9.17) is 18.7 Å². The monoisotopic (exact) mass is 360 g/mol.